The van der Waals surface area contributed by atoms with Gasteiger partial charge in [0, 0.05) is 34.0 Å². The molecule has 0 aromatic heterocycles. The van der Waals surface area contributed by atoms with Crippen LogP contribution in [0.4, 0.5) is 0 Å². The first-order valence-electron chi connectivity index (χ1n) is 10.7. The summed E-state index contributed by atoms with van der Waals surface area (Å²) in [6.45, 7) is 2.64. The van der Waals surface area contributed by atoms with E-state index in [9.17, 15) is 9.59 Å². The topological polar surface area (TPSA) is 49.4 Å². The monoisotopic (exact) mass is 546 g/mol. The number of rotatable bonds is 9. The Balaban J connectivity index is 1.96. The zero-order valence-electron chi connectivity index (χ0n) is 18.2. The van der Waals surface area contributed by atoms with Crippen molar-refractivity contribution in [2.24, 2.45) is 0 Å². The molecule has 0 saturated heterocycles. The van der Waals surface area contributed by atoms with Gasteiger partial charge in [-0.2, -0.15) is 0 Å². The molecule has 0 aliphatic carbocycles. The van der Waals surface area contributed by atoms with Crippen molar-refractivity contribution in [1.29, 1.82) is 0 Å². The van der Waals surface area contributed by atoms with Gasteiger partial charge in [-0.05, 0) is 47.9 Å². The van der Waals surface area contributed by atoms with Gasteiger partial charge in [0.2, 0.25) is 11.8 Å². The molecule has 0 saturated carbocycles. The van der Waals surface area contributed by atoms with Gasteiger partial charge in [0.25, 0.3) is 0 Å². The number of nitrogens with zero attached hydrogens (tertiary/aromatic N) is 1. The molecule has 4 nitrogen and oxygen atoms in total. The van der Waals surface area contributed by atoms with E-state index in [4.69, 9.17) is 23.2 Å². The molecule has 2 amide bonds. The summed E-state index contributed by atoms with van der Waals surface area (Å²) in [5, 5.41) is 3.83. The van der Waals surface area contributed by atoms with E-state index in [1.54, 1.807) is 23.1 Å². The van der Waals surface area contributed by atoms with E-state index in [0.717, 1.165) is 15.6 Å². The molecule has 1 atom stereocenters. The van der Waals surface area contributed by atoms with Crippen LogP contribution in [0.5, 0.6) is 0 Å². The van der Waals surface area contributed by atoms with Gasteiger partial charge in [0.1, 0.15) is 6.04 Å². The first kappa shape index (κ1) is 25.3. The lowest BCUT2D eigenvalue weighted by Gasteiger charge is -2.31. The highest BCUT2D eigenvalue weighted by molar-refractivity contribution is 9.10. The van der Waals surface area contributed by atoms with Crippen LogP contribution in [0.3, 0.4) is 0 Å². The highest BCUT2D eigenvalue weighted by atomic mass is 79.9. The quantitative estimate of drug-likeness (QED) is 0.353. The maximum atomic E-state index is 13.6. The Labute approximate surface area is 213 Å². The van der Waals surface area contributed by atoms with E-state index in [0.29, 0.717) is 35.1 Å². The van der Waals surface area contributed by atoms with E-state index in [1.807, 2.05) is 61.5 Å². The van der Waals surface area contributed by atoms with Gasteiger partial charge in [-0.15, -0.1) is 0 Å². The number of benzene rings is 3. The molecule has 0 unspecified atom stereocenters. The summed E-state index contributed by atoms with van der Waals surface area (Å²) in [7, 11) is 0. The molecule has 0 spiro atoms. The van der Waals surface area contributed by atoms with E-state index in [-0.39, 0.29) is 18.2 Å². The molecule has 0 aliphatic heterocycles. The first-order valence-corrected chi connectivity index (χ1v) is 12.2. The molecule has 0 fully saturated rings. The second kappa shape index (κ2) is 12.2. The Morgan fingerprint density at radius 3 is 2.30 bits per heavy atom. The van der Waals surface area contributed by atoms with Gasteiger partial charge < -0.3 is 10.2 Å². The number of nitrogens with one attached hydrogen (secondary N) is 1. The van der Waals surface area contributed by atoms with E-state index in [2.05, 4.69) is 21.2 Å². The number of carbonyl (C=O) groups excluding carboxylic acids is 2. The molecule has 3 aromatic rings. The SMILES string of the molecule is CCNC(=O)[C@@H](Cc1ccccc1)N(Cc1ccc(Br)cc1)C(=O)Cc1ccc(Cl)cc1Cl. The number of likely N-dealkylation sites (N-methyl/N-ethyl adjacent to an activating group) is 1. The lowest BCUT2D eigenvalue weighted by Crippen LogP contribution is -2.51. The largest absolute Gasteiger partial charge is 0.355 e. The standard InChI is InChI=1S/C26H25BrCl2N2O2/c1-2-30-26(33)24(14-18-6-4-3-5-7-18)31(17-19-8-11-21(27)12-9-19)25(32)15-20-10-13-22(28)16-23(20)29/h3-13,16,24H,2,14-15,17H2,1H3,(H,30,33)/t24-/m1/s1. The summed E-state index contributed by atoms with van der Waals surface area (Å²) in [6, 6.07) is 21.8. The van der Waals surface area contributed by atoms with Crippen LogP contribution in [0, 0.1) is 0 Å². The predicted octanol–water partition coefficient (Wildman–Crippen LogP) is 6.07. The molecule has 1 N–H and O–H groups in total. The fraction of sp³-hybridized carbons (Fsp3) is 0.231. The van der Waals surface area contributed by atoms with Gasteiger partial charge in [0.15, 0.2) is 0 Å². The fourth-order valence-electron chi connectivity index (χ4n) is 3.56. The van der Waals surface area contributed by atoms with Crippen molar-refractivity contribution in [3.63, 3.8) is 0 Å². The normalized spacial score (nSPS) is 11.6. The van der Waals surface area contributed by atoms with Gasteiger partial charge >= 0.3 is 0 Å². The number of carbonyl (C=O) groups is 2. The molecular formula is C26H25BrCl2N2O2. The Bertz CT molecular complexity index is 1090. The number of hydrogen-bond acceptors (Lipinski definition) is 2. The summed E-state index contributed by atoms with van der Waals surface area (Å²) in [4.78, 5) is 28.4. The van der Waals surface area contributed by atoms with Crippen molar-refractivity contribution in [3.05, 3.63) is 104 Å². The van der Waals surface area contributed by atoms with Gasteiger partial charge in [0.05, 0.1) is 6.42 Å². The van der Waals surface area contributed by atoms with Crippen molar-refractivity contribution >= 4 is 50.9 Å². The molecule has 0 heterocycles. The Hall–Kier alpha value is -2.34. The van der Waals surface area contributed by atoms with Crippen molar-refractivity contribution in [1.82, 2.24) is 10.2 Å². The van der Waals surface area contributed by atoms with Crippen LogP contribution in [-0.2, 0) is 29.0 Å². The summed E-state index contributed by atoms with van der Waals surface area (Å²) in [6.07, 6.45) is 0.473. The smallest absolute Gasteiger partial charge is 0.243 e. The van der Waals surface area contributed by atoms with E-state index >= 15 is 0 Å². The van der Waals surface area contributed by atoms with Crippen molar-refractivity contribution in [2.45, 2.75) is 32.4 Å². The Kier molecular flexibility index (Phi) is 9.36. The molecule has 3 rings (SSSR count). The second-order valence-electron chi connectivity index (χ2n) is 7.66. The van der Waals surface area contributed by atoms with Crippen LogP contribution in [0.25, 0.3) is 0 Å². The van der Waals surface area contributed by atoms with Crippen LogP contribution in [0.15, 0.2) is 77.3 Å². The number of hydrogen-bond donors (Lipinski definition) is 1. The van der Waals surface area contributed by atoms with Crippen LogP contribution >= 0.6 is 39.1 Å². The molecule has 0 radical (unpaired) electrons. The molecule has 7 heteroatoms. The zero-order chi connectivity index (χ0) is 23.8. The average Bonchev–Trinajstić information content (AvgIpc) is 2.80. The van der Waals surface area contributed by atoms with Gasteiger partial charge in [-0.25, -0.2) is 0 Å². The Morgan fingerprint density at radius 2 is 1.67 bits per heavy atom. The van der Waals surface area contributed by atoms with Crippen molar-refractivity contribution in [3.8, 4) is 0 Å². The highest BCUT2D eigenvalue weighted by Gasteiger charge is 2.30. The minimum absolute atomic E-state index is 0.0667. The third kappa shape index (κ3) is 7.32. The summed E-state index contributed by atoms with van der Waals surface area (Å²) >= 11 is 15.8. The van der Waals surface area contributed by atoms with Crippen molar-refractivity contribution < 1.29 is 9.59 Å². The van der Waals surface area contributed by atoms with Gasteiger partial charge in [-0.1, -0.05) is 87.7 Å². The number of amides is 2. The van der Waals surface area contributed by atoms with Crippen molar-refractivity contribution in [2.75, 3.05) is 6.54 Å². The lowest BCUT2D eigenvalue weighted by molar-refractivity contribution is -0.140. The molecule has 3 aromatic carbocycles. The number of halogens is 3. The van der Waals surface area contributed by atoms with E-state index < -0.39 is 6.04 Å². The fourth-order valence-corrected chi connectivity index (χ4v) is 4.30. The highest BCUT2D eigenvalue weighted by Crippen LogP contribution is 2.23. The maximum absolute atomic E-state index is 13.6. The summed E-state index contributed by atoms with van der Waals surface area (Å²) in [5.74, 6) is -0.372. The minimum atomic E-state index is -0.672. The first-order chi connectivity index (χ1) is 15.9. The van der Waals surface area contributed by atoms with Crippen LogP contribution in [-0.4, -0.2) is 29.3 Å². The molecule has 172 valence electrons. The lowest BCUT2D eigenvalue weighted by atomic mass is 10.0. The summed E-state index contributed by atoms with van der Waals surface area (Å²) < 4.78 is 0.946. The minimum Gasteiger partial charge on any atom is -0.355 e. The molecule has 0 bridgehead atoms. The average molecular weight is 548 g/mol. The van der Waals surface area contributed by atoms with E-state index in [1.165, 1.54) is 0 Å². The second-order valence-corrected chi connectivity index (χ2v) is 9.42. The third-order valence-electron chi connectivity index (χ3n) is 5.25. The van der Waals surface area contributed by atoms with Crippen LogP contribution in [0.2, 0.25) is 10.0 Å². The zero-order valence-corrected chi connectivity index (χ0v) is 21.3. The Morgan fingerprint density at radius 1 is 0.970 bits per heavy atom. The molecule has 0 aliphatic rings. The molecule has 33 heavy (non-hydrogen) atoms. The van der Waals surface area contributed by atoms with Gasteiger partial charge in [-0.3, -0.25) is 9.59 Å². The van der Waals surface area contributed by atoms with Crippen LogP contribution < -0.4 is 5.32 Å². The summed E-state index contributed by atoms with van der Waals surface area (Å²) in [5.41, 5.74) is 2.57. The third-order valence-corrected chi connectivity index (χ3v) is 6.36. The van der Waals surface area contributed by atoms with Crippen LogP contribution in [0.1, 0.15) is 23.6 Å². The predicted molar refractivity (Wildman–Crippen MR) is 137 cm³/mol. The molecular weight excluding hydrogens is 523 g/mol. The maximum Gasteiger partial charge on any atom is 0.243 e.